The Morgan fingerprint density at radius 3 is 1.41 bits per heavy atom. The predicted octanol–water partition coefficient (Wildman–Crippen LogP) is 5.61. The van der Waals surface area contributed by atoms with Crippen LogP contribution in [0.1, 0.15) is 45.5 Å². The van der Waals surface area contributed by atoms with E-state index in [1.54, 1.807) is 19.3 Å². The van der Waals surface area contributed by atoms with E-state index in [4.69, 9.17) is 9.47 Å². The molecule has 2 N–H and O–H groups in total. The summed E-state index contributed by atoms with van der Waals surface area (Å²) in [4.78, 5) is 0. The van der Waals surface area contributed by atoms with Gasteiger partial charge >= 0.3 is 0 Å². The molecule has 0 fully saturated rings. The Bertz CT molecular complexity index is 1180. The molecule has 0 unspecified atom stereocenters. The molecule has 1 aliphatic heterocycles. The smallest absolute Gasteiger partial charge is 0.130 e. The summed E-state index contributed by atoms with van der Waals surface area (Å²) < 4.78 is 10.8. The highest BCUT2D eigenvalue weighted by Gasteiger charge is 2.42. The molecular weight excluding hydrogens is 398 g/mol. The van der Waals surface area contributed by atoms with Gasteiger partial charge in [0.1, 0.15) is 23.6 Å². The van der Waals surface area contributed by atoms with Gasteiger partial charge in [-0.2, -0.15) is 0 Å². The number of ether oxygens (including phenoxy) is 2. The predicted molar refractivity (Wildman–Crippen MR) is 129 cm³/mol. The maximum Gasteiger partial charge on any atom is 0.130 e. The Balaban J connectivity index is 1.81. The monoisotopic (exact) mass is 426 g/mol. The molecule has 0 saturated carbocycles. The molecule has 0 aliphatic carbocycles. The zero-order chi connectivity index (χ0) is 22.4. The van der Waals surface area contributed by atoms with Crippen molar-refractivity contribution in [3.05, 3.63) is 106 Å². The van der Waals surface area contributed by atoms with Crippen LogP contribution in [0.25, 0.3) is 10.8 Å². The first kappa shape index (κ1) is 20.6. The molecule has 4 aromatic rings. The van der Waals surface area contributed by atoms with E-state index < -0.39 is 0 Å². The minimum Gasteiger partial charge on any atom is -0.497 e. The van der Waals surface area contributed by atoms with E-state index in [1.807, 2.05) is 24.3 Å². The Labute approximate surface area is 188 Å². The third kappa shape index (κ3) is 3.15. The highest BCUT2D eigenvalue weighted by Crippen LogP contribution is 2.49. The molecule has 4 aromatic carbocycles. The summed E-state index contributed by atoms with van der Waals surface area (Å²) in [6, 6.07) is 24.6. The molecule has 4 nitrogen and oxygen atoms in total. The standard InChI is InChI=1S/C28H27NO3/c1-17-5-7-19-8-6-18(2)25-26(19)24(17)27(20-9-13-22(31-3)14-10-20)29(30)28(25)21-11-15-23(32-4)16-12-21/h5-16,27-28,30H,1-4H3/p+1/t27-,28-/m0/s1. The van der Waals surface area contributed by atoms with E-state index in [-0.39, 0.29) is 12.1 Å². The molecule has 1 heterocycles. The lowest BCUT2D eigenvalue weighted by Crippen LogP contribution is -2.36. The van der Waals surface area contributed by atoms with Crippen molar-refractivity contribution in [1.82, 2.24) is 5.06 Å². The van der Waals surface area contributed by atoms with Gasteiger partial charge in [0.15, 0.2) is 0 Å². The molecule has 0 saturated heterocycles. The van der Waals surface area contributed by atoms with Gasteiger partial charge in [0, 0.05) is 0 Å². The lowest BCUT2D eigenvalue weighted by Gasteiger charge is -2.38. The van der Waals surface area contributed by atoms with E-state index in [0.29, 0.717) is 0 Å². The van der Waals surface area contributed by atoms with Crippen molar-refractivity contribution >= 4 is 10.8 Å². The Hall–Kier alpha value is -3.34. The van der Waals surface area contributed by atoms with Gasteiger partial charge in [-0.1, -0.05) is 53.6 Å². The molecule has 0 radical (unpaired) electrons. The van der Waals surface area contributed by atoms with Crippen molar-refractivity contribution in [3.8, 4) is 11.5 Å². The third-order valence-electron chi connectivity index (χ3n) is 6.67. The number of benzene rings is 4. The van der Waals surface area contributed by atoms with Gasteiger partial charge in [-0.15, -0.1) is 0 Å². The largest absolute Gasteiger partial charge is 0.497 e. The van der Waals surface area contributed by atoms with Crippen molar-refractivity contribution in [2.24, 2.45) is 0 Å². The lowest BCUT2D eigenvalue weighted by atomic mass is 9.78. The summed E-state index contributed by atoms with van der Waals surface area (Å²) >= 11 is 0. The molecule has 32 heavy (non-hydrogen) atoms. The molecule has 162 valence electrons. The molecule has 1 aliphatic rings. The number of hydroxylamine groups is 2. The van der Waals surface area contributed by atoms with Gasteiger partial charge in [-0.05, 0) is 82.3 Å². The summed E-state index contributed by atoms with van der Waals surface area (Å²) in [7, 11) is 3.35. The molecule has 0 aromatic heterocycles. The summed E-state index contributed by atoms with van der Waals surface area (Å²) in [5.74, 6) is 1.64. The topological polar surface area (TPSA) is 44.6 Å². The van der Waals surface area contributed by atoms with Crippen LogP contribution in [-0.2, 0) is 0 Å². The van der Waals surface area contributed by atoms with E-state index in [9.17, 15) is 5.21 Å². The van der Waals surface area contributed by atoms with Gasteiger partial charge in [0.05, 0.1) is 14.2 Å². The highest BCUT2D eigenvalue weighted by atomic mass is 16.5. The third-order valence-corrected chi connectivity index (χ3v) is 6.67. The summed E-state index contributed by atoms with van der Waals surface area (Å²) in [6.45, 7) is 4.30. The van der Waals surface area contributed by atoms with Crippen LogP contribution in [0.5, 0.6) is 11.5 Å². The maximum atomic E-state index is 9.42. The van der Waals surface area contributed by atoms with Crippen molar-refractivity contribution in [2.45, 2.75) is 25.9 Å². The Kier molecular flexibility index (Phi) is 5.12. The number of methoxy groups -OCH3 is 2. The highest BCUT2D eigenvalue weighted by molar-refractivity contribution is 5.93. The first-order chi connectivity index (χ1) is 15.5. The van der Waals surface area contributed by atoms with Gasteiger partial charge < -0.3 is 14.7 Å². The Morgan fingerprint density at radius 2 is 1.03 bits per heavy atom. The van der Waals surface area contributed by atoms with E-state index in [2.05, 4.69) is 62.4 Å². The maximum absolute atomic E-state index is 9.42. The lowest BCUT2D eigenvalue weighted by molar-refractivity contribution is -0.144. The average Bonchev–Trinajstić information content (AvgIpc) is 2.83. The van der Waals surface area contributed by atoms with Crippen LogP contribution >= 0.6 is 0 Å². The molecule has 0 amide bonds. The molecule has 2 atom stereocenters. The molecule has 0 spiro atoms. The number of aryl methyl sites for hydroxylation is 2. The summed E-state index contributed by atoms with van der Waals surface area (Å²) in [5.41, 5.74) is 7.01. The van der Waals surface area contributed by atoms with Crippen LogP contribution in [0, 0.1) is 13.8 Å². The fraction of sp³-hybridized carbons (Fsp3) is 0.214. The van der Waals surface area contributed by atoms with E-state index >= 15 is 0 Å². The molecule has 5 rings (SSSR count). The van der Waals surface area contributed by atoms with Gasteiger partial charge in [-0.3, -0.25) is 0 Å². The second kappa shape index (κ2) is 7.97. The zero-order valence-electron chi connectivity index (χ0n) is 18.8. The van der Waals surface area contributed by atoms with Gasteiger partial charge in [0.2, 0.25) is 0 Å². The average molecular weight is 427 g/mol. The van der Waals surface area contributed by atoms with Crippen LogP contribution < -0.4 is 9.47 Å². The first-order valence-corrected chi connectivity index (χ1v) is 10.8. The van der Waals surface area contributed by atoms with Crippen molar-refractivity contribution in [2.75, 3.05) is 14.2 Å². The quantitative estimate of drug-likeness (QED) is 0.399. The molecule has 4 heteroatoms. The summed E-state index contributed by atoms with van der Waals surface area (Å²) in [6.07, 6.45) is 0. The van der Waals surface area contributed by atoms with Gasteiger partial charge in [-0.25, -0.2) is 0 Å². The fourth-order valence-corrected chi connectivity index (χ4v) is 5.04. The van der Waals surface area contributed by atoms with Crippen LogP contribution in [0.2, 0.25) is 0 Å². The number of rotatable bonds is 4. The van der Waals surface area contributed by atoms with Crippen LogP contribution in [0.15, 0.2) is 72.8 Å². The SMILES string of the molecule is COc1ccc([C@H]2c3c(C)ccc4ccc(C)c(c34)[C@H](c3ccc(OC)cc3)N2[OH2+])cc1. The van der Waals surface area contributed by atoms with Crippen molar-refractivity contribution in [3.63, 3.8) is 0 Å². The Morgan fingerprint density at radius 1 is 0.625 bits per heavy atom. The second-order valence-electron chi connectivity index (χ2n) is 8.45. The van der Waals surface area contributed by atoms with Crippen LogP contribution in [0.3, 0.4) is 0 Å². The zero-order valence-corrected chi connectivity index (χ0v) is 18.8. The van der Waals surface area contributed by atoms with Crippen molar-refractivity contribution < 1.29 is 14.7 Å². The number of hydrogen-bond donors (Lipinski definition) is 0. The van der Waals surface area contributed by atoms with Crippen molar-refractivity contribution in [1.29, 1.82) is 0 Å². The molecule has 0 bridgehead atoms. The number of hydrogen-bond acceptors (Lipinski definition) is 3. The van der Waals surface area contributed by atoms with Gasteiger partial charge in [0.25, 0.3) is 0 Å². The first-order valence-electron chi connectivity index (χ1n) is 10.8. The number of nitrogens with zero attached hydrogens (tertiary/aromatic N) is 1. The molecular formula is C28H28NO3+. The van der Waals surface area contributed by atoms with E-state index in [1.165, 1.54) is 33.0 Å². The minimum absolute atomic E-state index is 0.189. The van der Waals surface area contributed by atoms with Crippen LogP contribution in [-0.4, -0.2) is 24.5 Å². The fourth-order valence-electron chi connectivity index (χ4n) is 5.04. The summed E-state index contributed by atoms with van der Waals surface area (Å²) in [5, 5.41) is 13.7. The van der Waals surface area contributed by atoms with Crippen LogP contribution in [0.4, 0.5) is 0 Å². The minimum atomic E-state index is -0.189. The van der Waals surface area contributed by atoms with E-state index in [0.717, 1.165) is 22.6 Å². The normalized spacial score (nSPS) is 18.0. The second-order valence-corrected chi connectivity index (χ2v) is 8.45.